The standard InChI is InChI=1S/C15H22F2N2/c1-10-2-4-11(5-3-10)8-9-19-15-13(18)7-6-12(16)14(15)17/h6-7,10-11,19H,2-5,8-9,18H2,1H3. The molecule has 0 atom stereocenters. The van der Waals surface area contributed by atoms with E-state index < -0.39 is 11.6 Å². The first-order chi connectivity index (χ1) is 9.08. The van der Waals surface area contributed by atoms with Crippen molar-refractivity contribution in [1.82, 2.24) is 0 Å². The van der Waals surface area contributed by atoms with Gasteiger partial charge in [0.25, 0.3) is 0 Å². The maximum Gasteiger partial charge on any atom is 0.183 e. The Kier molecular flexibility index (Phi) is 4.61. The third kappa shape index (κ3) is 3.58. The molecule has 0 radical (unpaired) electrons. The molecule has 2 rings (SSSR count). The first kappa shape index (κ1) is 14.1. The molecule has 19 heavy (non-hydrogen) atoms. The highest BCUT2D eigenvalue weighted by atomic mass is 19.2. The number of halogens is 2. The molecule has 4 heteroatoms. The van der Waals surface area contributed by atoms with Gasteiger partial charge in [0.15, 0.2) is 11.6 Å². The molecular weight excluding hydrogens is 246 g/mol. The van der Waals surface area contributed by atoms with Crippen LogP contribution in [0, 0.1) is 23.5 Å². The van der Waals surface area contributed by atoms with Gasteiger partial charge in [-0.25, -0.2) is 8.78 Å². The largest absolute Gasteiger partial charge is 0.397 e. The van der Waals surface area contributed by atoms with E-state index in [0.717, 1.165) is 18.4 Å². The summed E-state index contributed by atoms with van der Waals surface area (Å²) in [6, 6.07) is 2.45. The number of anilines is 2. The molecule has 0 aliphatic heterocycles. The predicted molar refractivity (Wildman–Crippen MR) is 75.0 cm³/mol. The van der Waals surface area contributed by atoms with Crippen LogP contribution in [0.4, 0.5) is 20.2 Å². The summed E-state index contributed by atoms with van der Waals surface area (Å²) in [5.41, 5.74) is 6.02. The van der Waals surface area contributed by atoms with Gasteiger partial charge in [-0.1, -0.05) is 32.6 Å². The van der Waals surface area contributed by atoms with Gasteiger partial charge in [-0.05, 0) is 30.4 Å². The van der Waals surface area contributed by atoms with E-state index in [1.54, 1.807) is 0 Å². The summed E-state index contributed by atoms with van der Waals surface area (Å²) in [5, 5.41) is 2.94. The topological polar surface area (TPSA) is 38.0 Å². The number of hydrogen-bond acceptors (Lipinski definition) is 2. The van der Waals surface area contributed by atoms with Gasteiger partial charge in [-0.2, -0.15) is 0 Å². The van der Waals surface area contributed by atoms with E-state index in [0.29, 0.717) is 12.5 Å². The van der Waals surface area contributed by atoms with Gasteiger partial charge in [0.05, 0.1) is 11.4 Å². The fraction of sp³-hybridized carbons (Fsp3) is 0.600. The van der Waals surface area contributed by atoms with Gasteiger partial charge in [0, 0.05) is 6.54 Å². The minimum Gasteiger partial charge on any atom is -0.397 e. The summed E-state index contributed by atoms with van der Waals surface area (Å²) in [6.45, 7) is 2.93. The molecule has 3 N–H and O–H groups in total. The van der Waals surface area contributed by atoms with Crippen molar-refractivity contribution in [2.45, 2.75) is 39.0 Å². The van der Waals surface area contributed by atoms with E-state index in [2.05, 4.69) is 12.2 Å². The van der Waals surface area contributed by atoms with Gasteiger partial charge in [0.2, 0.25) is 0 Å². The smallest absolute Gasteiger partial charge is 0.183 e. The summed E-state index contributed by atoms with van der Waals surface area (Å²) in [4.78, 5) is 0. The average molecular weight is 268 g/mol. The molecule has 1 aromatic rings. The molecule has 0 heterocycles. The number of benzene rings is 1. The van der Waals surface area contributed by atoms with Crippen molar-refractivity contribution in [3.05, 3.63) is 23.8 Å². The Balaban J connectivity index is 1.84. The number of nitrogen functional groups attached to an aromatic ring is 1. The predicted octanol–water partition coefficient (Wildman–Crippen LogP) is 4.18. The van der Waals surface area contributed by atoms with Crippen LogP contribution < -0.4 is 11.1 Å². The van der Waals surface area contributed by atoms with Gasteiger partial charge in [-0.3, -0.25) is 0 Å². The molecule has 0 aromatic heterocycles. The molecule has 1 aliphatic rings. The van der Waals surface area contributed by atoms with Gasteiger partial charge >= 0.3 is 0 Å². The fourth-order valence-electron chi connectivity index (χ4n) is 2.76. The summed E-state index contributed by atoms with van der Waals surface area (Å²) >= 11 is 0. The zero-order valence-corrected chi connectivity index (χ0v) is 11.4. The number of nitrogens with one attached hydrogen (secondary N) is 1. The van der Waals surface area contributed by atoms with Crippen LogP contribution in [0.2, 0.25) is 0 Å². The van der Waals surface area contributed by atoms with Crippen molar-refractivity contribution in [2.24, 2.45) is 11.8 Å². The Hall–Kier alpha value is -1.32. The Morgan fingerprint density at radius 3 is 2.58 bits per heavy atom. The lowest BCUT2D eigenvalue weighted by Gasteiger charge is -2.26. The Labute approximate surface area is 113 Å². The molecule has 0 saturated heterocycles. The van der Waals surface area contributed by atoms with Crippen molar-refractivity contribution in [1.29, 1.82) is 0 Å². The second kappa shape index (κ2) is 6.22. The van der Waals surface area contributed by atoms with Crippen molar-refractivity contribution in [3.8, 4) is 0 Å². The summed E-state index contributed by atoms with van der Waals surface area (Å²) in [6.07, 6.45) is 6.03. The highest BCUT2D eigenvalue weighted by Gasteiger charge is 2.18. The third-order valence-corrected chi connectivity index (χ3v) is 4.12. The molecule has 0 unspecified atom stereocenters. The van der Waals surface area contributed by atoms with E-state index in [4.69, 9.17) is 5.73 Å². The molecule has 1 fully saturated rings. The normalized spacial score (nSPS) is 23.3. The molecule has 1 saturated carbocycles. The van der Waals surface area contributed by atoms with Crippen LogP contribution in [0.1, 0.15) is 39.0 Å². The first-order valence-electron chi connectivity index (χ1n) is 7.05. The van der Waals surface area contributed by atoms with Gasteiger partial charge in [-0.15, -0.1) is 0 Å². The zero-order chi connectivity index (χ0) is 13.8. The minimum atomic E-state index is -0.878. The lowest BCUT2D eigenvalue weighted by atomic mass is 9.81. The van der Waals surface area contributed by atoms with E-state index in [1.807, 2.05) is 0 Å². The summed E-state index contributed by atoms with van der Waals surface area (Å²) in [7, 11) is 0. The Morgan fingerprint density at radius 1 is 1.21 bits per heavy atom. The van der Waals surface area contributed by atoms with Crippen LogP contribution in [0.3, 0.4) is 0 Å². The number of nitrogens with two attached hydrogens (primary N) is 1. The van der Waals surface area contributed by atoms with E-state index in [-0.39, 0.29) is 11.4 Å². The highest BCUT2D eigenvalue weighted by molar-refractivity contribution is 5.66. The molecular formula is C15H22F2N2. The quantitative estimate of drug-likeness (QED) is 0.804. The number of rotatable bonds is 4. The van der Waals surface area contributed by atoms with Crippen LogP contribution in [-0.2, 0) is 0 Å². The maximum atomic E-state index is 13.6. The van der Waals surface area contributed by atoms with Crippen molar-refractivity contribution in [2.75, 3.05) is 17.6 Å². The van der Waals surface area contributed by atoms with Crippen molar-refractivity contribution in [3.63, 3.8) is 0 Å². The summed E-state index contributed by atoms with van der Waals surface area (Å²) in [5.74, 6) is -0.206. The Morgan fingerprint density at radius 2 is 1.89 bits per heavy atom. The third-order valence-electron chi connectivity index (χ3n) is 4.12. The zero-order valence-electron chi connectivity index (χ0n) is 11.4. The van der Waals surface area contributed by atoms with Crippen molar-refractivity contribution >= 4 is 11.4 Å². The first-order valence-corrected chi connectivity index (χ1v) is 7.05. The SMILES string of the molecule is CC1CCC(CCNc2c(N)ccc(F)c2F)CC1. The monoisotopic (exact) mass is 268 g/mol. The van der Waals surface area contributed by atoms with E-state index in [9.17, 15) is 8.78 Å². The molecule has 2 nitrogen and oxygen atoms in total. The van der Waals surface area contributed by atoms with E-state index in [1.165, 1.54) is 31.7 Å². The van der Waals surface area contributed by atoms with Crippen LogP contribution in [0.25, 0.3) is 0 Å². The van der Waals surface area contributed by atoms with Crippen LogP contribution in [0.15, 0.2) is 12.1 Å². The molecule has 1 aliphatic carbocycles. The minimum absolute atomic E-state index is 0.101. The molecule has 0 bridgehead atoms. The van der Waals surface area contributed by atoms with Crippen LogP contribution >= 0.6 is 0 Å². The second-order valence-electron chi connectivity index (χ2n) is 5.67. The summed E-state index contributed by atoms with van der Waals surface area (Å²) < 4.78 is 26.7. The lowest BCUT2D eigenvalue weighted by molar-refractivity contribution is 0.282. The fourth-order valence-corrected chi connectivity index (χ4v) is 2.76. The maximum absolute atomic E-state index is 13.6. The van der Waals surface area contributed by atoms with Gasteiger partial charge < -0.3 is 11.1 Å². The van der Waals surface area contributed by atoms with E-state index >= 15 is 0 Å². The van der Waals surface area contributed by atoms with Crippen molar-refractivity contribution < 1.29 is 8.78 Å². The highest BCUT2D eigenvalue weighted by Crippen LogP contribution is 2.31. The van der Waals surface area contributed by atoms with Crippen LogP contribution in [-0.4, -0.2) is 6.54 Å². The number of hydrogen-bond donors (Lipinski definition) is 2. The van der Waals surface area contributed by atoms with Crippen LogP contribution in [0.5, 0.6) is 0 Å². The molecule has 106 valence electrons. The molecule has 0 spiro atoms. The van der Waals surface area contributed by atoms with Gasteiger partial charge in [0.1, 0.15) is 0 Å². The molecule has 0 amide bonds. The Bertz CT molecular complexity index is 426. The second-order valence-corrected chi connectivity index (χ2v) is 5.67. The lowest BCUT2D eigenvalue weighted by Crippen LogP contribution is -2.16. The molecule has 1 aromatic carbocycles. The average Bonchev–Trinajstić information content (AvgIpc) is 2.40.